The predicted molar refractivity (Wildman–Crippen MR) is 53.0 cm³/mol. The highest BCUT2D eigenvalue weighted by molar-refractivity contribution is 5.38. The molecule has 1 fully saturated rings. The van der Waals surface area contributed by atoms with E-state index >= 15 is 0 Å². The normalized spacial score (nSPS) is 29.8. The SMILES string of the molecule is Cc1ccc2c(c1)C1OCOCC1C2. The first-order chi connectivity index (χ1) is 6.84. The molecule has 2 unspecified atom stereocenters. The van der Waals surface area contributed by atoms with Crippen molar-refractivity contribution in [2.75, 3.05) is 13.4 Å². The van der Waals surface area contributed by atoms with Gasteiger partial charge in [0.15, 0.2) is 0 Å². The molecule has 14 heavy (non-hydrogen) atoms. The van der Waals surface area contributed by atoms with E-state index in [2.05, 4.69) is 25.1 Å². The highest BCUT2D eigenvalue weighted by Gasteiger charge is 2.35. The highest BCUT2D eigenvalue weighted by atomic mass is 16.7. The Bertz CT molecular complexity index is 359. The number of hydrogen-bond acceptors (Lipinski definition) is 2. The largest absolute Gasteiger partial charge is 0.355 e. The molecule has 1 heterocycles. The predicted octanol–water partition coefficient (Wildman–Crippen LogP) is 2.21. The molecule has 1 saturated heterocycles. The van der Waals surface area contributed by atoms with Gasteiger partial charge in [-0.1, -0.05) is 23.8 Å². The molecule has 0 bridgehead atoms. The van der Waals surface area contributed by atoms with Crippen LogP contribution in [0.15, 0.2) is 18.2 Å². The fraction of sp³-hybridized carbons (Fsp3) is 0.500. The minimum atomic E-state index is 0.290. The Morgan fingerprint density at radius 3 is 3.21 bits per heavy atom. The van der Waals surface area contributed by atoms with E-state index in [4.69, 9.17) is 9.47 Å². The maximum absolute atomic E-state index is 5.66. The van der Waals surface area contributed by atoms with Gasteiger partial charge < -0.3 is 9.47 Å². The van der Waals surface area contributed by atoms with E-state index in [1.54, 1.807) is 0 Å². The summed E-state index contributed by atoms with van der Waals surface area (Å²) in [6.45, 7) is 3.43. The molecule has 0 aromatic heterocycles. The first-order valence-electron chi connectivity index (χ1n) is 5.13. The number of aryl methyl sites for hydroxylation is 1. The molecule has 0 spiro atoms. The smallest absolute Gasteiger partial charge is 0.147 e. The first kappa shape index (κ1) is 8.45. The summed E-state index contributed by atoms with van der Waals surface area (Å²) in [6, 6.07) is 6.66. The summed E-state index contributed by atoms with van der Waals surface area (Å²) in [7, 11) is 0. The summed E-state index contributed by atoms with van der Waals surface area (Å²) in [6.07, 6.45) is 1.40. The van der Waals surface area contributed by atoms with Crippen LogP contribution >= 0.6 is 0 Å². The average Bonchev–Trinajstić information content (AvgIpc) is 2.56. The Balaban J connectivity index is 2.02. The zero-order chi connectivity index (χ0) is 9.54. The molecule has 3 rings (SSSR count). The van der Waals surface area contributed by atoms with Crippen LogP contribution in [0.2, 0.25) is 0 Å². The summed E-state index contributed by atoms with van der Waals surface area (Å²) < 4.78 is 11.0. The summed E-state index contributed by atoms with van der Waals surface area (Å²) >= 11 is 0. The van der Waals surface area contributed by atoms with Crippen molar-refractivity contribution in [1.82, 2.24) is 0 Å². The van der Waals surface area contributed by atoms with Gasteiger partial charge in [0, 0.05) is 5.92 Å². The molecule has 1 aliphatic carbocycles. The van der Waals surface area contributed by atoms with E-state index < -0.39 is 0 Å². The van der Waals surface area contributed by atoms with Crippen LogP contribution in [0.5, 0.6) is 0 Å². The second-order valence-electron chi connectivity index (χ2n) is 4.24. The molecule has 74 valence electrons. The van der Waals surface area contributed by atoms with Crippen LogP contribution in [-0.2, 0) is 15.9 Å². The Kier molecular flexibility index (Phi) is 1.85. The third-order valence-electron chi connectivity index (χ3n) is 3.18. The van der Waals surface area contributed by atoms with Crippen molar-refractivity contribution in [2.45, 2.75) is 19.4 Å². The van der Waals surface area contributed by atoms with Crippen LogP contribution < -0.4 is 0 Å². The third kappa shape index (κ3) is 1.18. The fourth-order valence-electron chi connectivity index (χ4n) is 2.50. The maximum Gasteiger partial charge on any atom is 0.147 e. The number of benzene rings is 1. The lowest BCUT2D eigenvalue weighted by molar-refractivity contribution is -0.166. The van der Waals surface area contributed by atoms with Gasteiger partial charge in [-0.05, 0) is 24.5 Å². The van der Waals surface area contributed by atoms with Gasteiger partial charge in [0.25, 0.3) is 0 Å². The zero-order valence-corrected chi connectivity index (χ0v) is 8.32. The van der Waals surface area contributed by atoms with Crippen LogP contribution in [0.25, 0.3) is 0 Å². The second-order valence-corrected chi connectivity index (χ2v) is 4.24. The minimum absolute atomic E-state index is 0.290. The van der Waals surface area contributed by atoms with E-state index in [0.29, 0.717) is 18.8 Å². The van der Waals surface area contributed by atoms with E-state index in [0.717, 1.165) is 13.0 Å². The Morgan fingerprint density at radius 2 is 2.29 bits per heavy atom. The third-order valence-corrected chi connectivity index (χ3v) is 3.18. The van der Waals surface area contributed by atoms with Gasteiger partial charge in [-0.3, -0.25) is 0 Å². The maximum atomic E-state index is 5.66. The number of hydrogen-bond donors (Lipinski definition) is 0. The van der Waals surface area contributed by atoms with E-state index in [9.17, 15) is 0 Å². The number of rotatable bonds is 0. The van der Waals surface area contributed by atoms with Gasteiger partial charge in [-0.2, -0.15) is 0 Å². The molecule has 1 aromatic carbocycles. The Labute approximate surface area is 83.8 Å². The lowest BCUT2D eigenvalue weighted by Gasteiger charge is -2.26. The monoisotopic (exact) mass is 190 g/mol. The summed E-state index contributed by atoms with van der Waals surface area (Å²) in [5.74, 6) is 0.542. The average molecular weight is 190 g/mol. The summed E-state index contributed by atoms with van der Waals surface area (Å²) in [5.41, 5.74) is 4.15. The van der Waals surface area contributed by atoms with Crippen molar-refractivity contribution in [3.05, 3.63) is 34.9 Å². The van der Waals surface area contributed by atoms with Crippen LogP contribution in [0.3, 0.4) is 0 Å². The second kappa shape index (κ2) is 3.07. The van der Waals surface area contributed by atoms with Gasteiger partial charge >= 0.3 is 0 Å². The van der Waals surface area contributed by atoms with Gasteiger partial charge in [-0.15, -0.1) is 0 Å². The van der Waals surface area contributed by atoms with Gasteiger partial charge in [0.05, 0.1) is 12.7 Å². The molecular weight excluding hydrogens is 176 g/mol. The molecule has 2 heteroatoms. The van der Waals surface area contributed by atoms with Gasteiger partial charge in [-0.25, -0.2) is 0 Å². The molecule has 2 atom stereocenters. The molecule has 2 nitrogen and oxygen atoms in total. The molecule has 0 radical (unpaired) electrons. The molecule has 0 N–H and O–H groups in total. The van der Waals surface area contributed by atoms with Crippen LogP contribution in [0, 0.1) is 12.8 Å². The van der Waals surface area contributed by atoms with Crippen LogP contribution in [-0.4, -0.2) is 13.4 Å². The van der Waals surface area contributed by atoms with Gasteiger partial charge in [0.1, 0.15) is 6.79 Å². The van der Waals surface area contributed by atoms with E-state index in [1.165, 1.54) is 16.7 Å². The molecule has 1 aliphatic heterocycles. The Hall–Kier alpha value is -0.860. The quantitative estimate of drug-likeness (QED) is 0.624. The topological polar surface area (TPSA) is 18.5 Å². The summed E-state index contributed by atoms with van der Waals surface area (Å²) in [4.78, 5) is 0. The molecule has 1 aromatic rings. The number of fused-ring (bicyclic) bond motifs is 3. The van der Waals surface area contributed by atoms with E-state index in [-0.39, 0.29) is 0 Å². The van der Waals surface area contributed by atoms with E-state index in [1.807, 2.05) is 0 Å². The highest BCUT2D eigenvalue weighted by Crippen LogP contribution is 2.41. The zero-order valence-electron chi connectivity index (χ0n) is 8.32. The number of ether oxygens (including phenoxy) is 2. The standard InChI is InChI=1S/C12H14O2/c1-8-2-3-9-5-10-6-13-7-14-12(10)11(9)4-8/h2-4,10,12H,5-7H2,1H3. The molecular formula is C12H14O2. The van der Waals surface area contributed by atoms with Crippen molar-refractivity contribution in [2.24, 2.45) is 5.92 Å². The van der Waals surface area contributed by atoms with Crippen molar-refractivity contribution in [1.29, 1.82) is 0 Å². The summed E-state index contributed by atoms with van der Waals surface area (Å²) in [5, 5.41) is 0. The van der Waals surface area contributed by atoms with Gasteiger partial charge in [0.2, 0.25) is 0 Å². The molecule has 0 saturated carbocycles. The van der Waals surface area contributed by atoms with Crippen molar-refractivity contribution in [3.63, 3.8) is 0 Å². The lowest BCUT2D eigenvalue weighted by atomic mass is 10.0. The van der Waals surface area contributed by atoms with Crippen LogP contribution in [0.1, 0.15) is 22.8 Å². The lowest BCUT2D eigenvalue weighted by Crippen LogP contribution is -2.24. The molecule has 2 aliphatic rings. The van der Waals surface area contributed by atoms with Crippen molar-refractivity contribution < 1.29 is 9.47 Å². The molecule has 0 amide bonds. The fourth-order valence-corrected chi connectivity index (χ4v) is 2.50. The first-order valence-corrected chi connectivity index (χ1v) is 5.13. The van der Waals surface area contributed by atoms with Crippen LogP contribution in [0.4, 0.5) is 0 Å². The van der Waals surface area contributed by atoms with Crippen molar-refractivity contribution >= 4 is 0 Å². The Morgan fingerprint density at radius 1 is 1.36 bits per heavy atom. The minimum Gasteiger partial charge on any atom is -0.355 e. The van der Waals surface area contributed by atoms with Crippen molar-refractivity contribution in [3.8, 4) is 0 Å².